The molecule has 2 aromatic rings. The molecule has 0 aliphatic heterocycles. The van der Waals surface area contributed by atoms with Gasteiger partial charge in [-0.25, -0.2) is 4.79 Å². The van der Waals surface area contributed by atoms with Crippen molar-refractivity contribution in [1.82, 2.24) is 0 Å². The largest absolute Gasteiger partial charge is 0.449 e. The summed E-state index contributed by atoms with van der Waals surface area (Å²) in [6, 6.07) is 10.5. The molecule has 0 bridgehead atoms. The summed E-state index contributed by atoms with van der Waals surface area (Å²) in [7, 11) is 1.66. The maximum Gasteiger partial charge on any atom is 0.387 e. The number of esters is 1. The van der Waals surface area contributed by atoms with Crippen LogP contribution in [0.4, 0.5) is 20.2 Å². The van der Waals surface area contributed by atoms with Gasteiger partial charge in [0.25, 0.3) is 5.91 Å². The number of anilines is 2. The van der Waals surface area contributed by atoms with Gasteiger partial charge in [-0.2, -0.15) is 8.78 Å². The number of benzene rings is 2. The van der Waals surface area contributed by atoms with E-state index in [4.69, 9.17) is 16.3 Å². The van der Waals surface area contributed by atoms with Crippen LogP contribution in [0.5, 0.6) is 5.75 Å². The highest BCUT2D eigenvalue weighted by Crippen LogP contribution is 2.29. The van der Waals surface area contributed by atoms with E-state index in [1.54, 1.807) is 31.3 Å². The minimum absolute atomic E-state index is 0.0966. The second-order valence-corrected chi connectivity index (χ2v) is 5.76. The molecule has 144 valence electrons. The lowest BCUT2D eigenvalue weighted by Crippen LogP contribution is -2.30. The monoisotopic (exact) mass is 398 g/mol. The van der Waals surface area contributed by atoms with Crippen molar-refractivity contribution in [3.8, 4) is 5.75 Å². The molecule has 2 rings (SSSR count). The molecule has 27 heavy (non-hydrogen) atoms. The van der Waals surface area contributed by atoms with E-state index in [0.29, 0.717) is 5.69 Å². The molecule has 0 saturated heterocycles. The van der Waals surface area contributed by atoms with Gasteiger partial charge in [0.15, 0.2) is 6.10 Å². The smallest absolute Gasteiger partial charge is 0.387 e. The van der Waals surface area contributed by atoms with Gasteiger partial charge < -0.3 is 20.1 Å². The number of ether oxygens (including phenoxy) is 2. The Bertz CT molecular complexity index is 833. The molecule has 0 aliphatic rings. The molecule has 0 aliphatic carbocycles. The normalized spacial score (nSPS) is 11.6. The number of carbonyl (C=O) groups excluding carboxylic acids is 2. The van der Waals surface area contributed by atoms with E-state index in [1.165, 1.54) is 25.1 Å². The Hall–Kier alpha value is -2.87. The third kappa shape index (κ3) is 5.55. The van der Waals surface area contributed by atoms with Crippen molar-refractivity contribution >= 4 is 34.9 Å². The molecule has 2 aromatic carbocycles. The molecule has 0 radical (unpaired) electrons. The van der Waals surface area contributed by atoms with Gasteiger partial charge in [-0.05, 0) is 37.3 Å². The van der Waals surface area contributed by atoms with Crippen LogP contribution in [0.1, 0.15) is 17.3 Å². The van der Waals surface area contributed by atoms with E-state index in [2.05, 4.69) is 15.4 Å². The van der Waals surface area contributed by atoms with Gasteiger partial charge in [0.05, 0.1) is 10.6 Å². The molecule has 0 fully saturated rings. The van der Waals surface area contributed by atoms with Crippen LogP contribution in [-0.2, 0) is 9.53 Å². The van der Waals surface area contributed by atoms with Crippen molar-refractivity contribution in [2.75, 3.05) is 17.7 Å². The van der Waals surface area contributed by atoms with Crippen LogP contribution < -0.4 is 15.4 Å². The number of rotatable bonds is 7. The molecule has 9 heteroatoms. The molecule has 2 N–H and O–H groups in total. The lowest BCUT2D eigenvalue weighted by Gasteiger charge is -2.15. The van der Waals surface area contributed by atoms with Crippen molar-refractivity contribution in [3.63, 3.8) is 0 Å². The first-order valence-corrected chi connectivity index (χ1v) is 8.22. The van der Waals surface area contributed by atoms with Crippen molar-refractivity contribution in [3.05, 3.63) is 53.1 Å². The minimum Gasteiger partial charge on any atom is -0.449 e. The van der Waals surface area contributed by atoms with Crippen molar-refractivity contribution in [2.45, 2.75) is 19.6 Å². The topological polar surface area (TPSA) is 76.7 Å². The summed E-state index contributed by atoms with van der Waals surface area (Å²) in [5.41, 5.74) is 1.10. The van der Waals surface area contributed by atoms with Crippen LogP contribution in [-0.4, -0.2) is 31.6 Å². The number of hydrogen-bond acceptors (Lipinski definition) is 5. The zero-order valence-corrected chi connectivity index (χ0v) is 15.2. The summed E-state index contributed by atoms with van der Waals surface area (Å²) < 4.78 is 33.9. The molecule has 0 aromatic heterocycles. The molecule has 1 atom stereocenters. The fourth-order valence-electron chi connectivity index (χ4n) is 2.17. The van der Waals surface area contributed by atoms with Gasteiger partial charge in [-0.3, -0.25) is 4.79 Å². The van der Waals surface area contributed by atoms with Crippen LogP contribution in [0.15, 0.2) is 42.5 Å². The van der Waals surface area contributed by atoms with E-state index >= 15 is 0 Å². The minimum atomic E-state index is -3.01. The predicted molar refractivity (Wildman–Crippen MR) is 97.6 cm³/mol. The second kappa shape index (κ2) is 9.18. The number of alkyl halides is 2. The maximum atomic E-state index is 12.2. The Labute approximate surface area is 159 Å². The van der Waals surface area contributed by atoms with Crippen LogP contribution in [0, 0.1) is 0 Å². The first-order valence-electron chi connectivity index (χ1n) is 7.84. The highest BCUT2D eigenvalue weighted by atomic mass is 35.5. The molecule has 0 saturated carbocycles. The van der Waals surface area contributed by atoms with E-state index in [1.807, 2.05) is 0 Å². The summed E-state index contributed by atoms with van der Waals surface area (Å²) in [4.78, 5) is 24.5. The van der Waals surface area contributed by atoms with E-state index in [9.17, 15) is 18.4 Å². The zero-order valence-electron chi connectivity index (χ0n) is 14.5. The molecular weight excluding hydrogens is 382 g/mol. The second-order valence-electron chi connectivity index (χ2n) is 5.36. The van der Waals surface area contributed by atoms with Gasteiger partial charge in [0, 0.05) is 18.4 Å². The summed E-state index contributed by atoms with van der Waals surface area (Å²) in [6.07, 6.45) is -1.10. The standard InChI is InChI=1S/C18H17ClF2N2O4/c1-10(26-17(25)12-5-3-4-6-14(12)22-2)16(24)23-11-7-8-15(13(19)9-11)27-18(20)21/h3-10,18,22H,1-2H3,(H,23,24). The number of amides is 1. The van der Waals surface area contributed by atoms with Gasteiger partial charge >= 0.3 is 12.6 Å². The van der Waals surface area contributed by atoms with Crippen LogP contribution in [0.2, 0.25) is 5.02 Å². The number of carbonyl (C=O) groups is 2. The van der Waals surface area contributed by atoms with Gasteiger partial charge in [-0.15, -0.1) is 0 Å². The Morgan fingerprint density at radius 2 is 1.85 bits per heavy atom. The Morgan fingerprint density at radius 3 is 2.48 bits per heavy atom. The quantitative estimate of drug-likeness (QED) is 0.685. The third-order valence-corrected chi connectivity index (χ3v) is 3.78. The van der Waals surface area contributed by atoms with E-state index in [-0.39, 0.29) is 22.0 Å². The molecular formula is C18H17ClF2N2O4. The predicted octanol–water partition coefficient (Wildman–Crippen LogP) is 4.17. The molecule has 1 unspecified atom stereocenters. The molecule has 1 amide bonds. The average Bonchev–Trinajstić information content (AvgIpc) is 2.63. The summed E-state index contributed by atoms with van der Waals surface area (Å²) in [6.45, 7) is -1.60. The van der Waals surface area contributed by atoms with E-state index < -0.39 is 24.6 Å². The first-order chi connectivity index (χ1) is 12.8. The lowest BCUT2D eigenvalue weighted by molar-refractivity contribution is -0.123. The Kier molecular flexibility index (Phi) is 6.95. The lowest BCUT2D eigenvalue weighted by atomic mass is 10.2. The number of halogens is 3. The van der Waals surface area contributed by atoms with Gasteiger partial charge in [0.1, 0.15) is 5.75 Å². The fourth-order valence-corrected chi connectivity index (χ4v) is 2.40. The zero-order chi connectivity index (χ0) is 20.0. The van der Waals surface area contributed by atoms with Gasteiger partial charge in [0.2, 0.25) is 0 Å². The van der Waals surface area contributed by atoms with Crippen molar-refractivity contribution in [1.29, 1.82) is 0 Å². The highest BCUT2D eigenvalue weighted by Gasteiger charge is 2.21. The number of nitrogens with one attached hydrogen (secondary N) is 2. The SMILES string of the molecule is CNc1ccccc1C(=O)OC(C)C(=O)Nc1ccc(OC(F)F)c(Cl)c1. The van der Waals surface area contributed by atoms with Crippen LogP contribution >= 0.6 is 11.6 Å². The summed E-state index contributed by atoms with van der Waals surface area (Å²) in [5.74, 6) is -1.49. The average molecular weight is 399 g/mol. The molecule has 0 spiro atoms. The van der Waals surface area contributed by atoms with Crippen molar-refractivity contribution in [2.24, 2.45) is 0 Å². The summed E-state index contributed by atoms with van der Waals surface area (Å²) >= 11 is 5.83. The molecule has 6 nitrogen and oxygen atoms in total. The molecule has 0 heterocycles. The Morgan fingerprint density at radius 1 is 1.15 bits per heavy atom. The fraction of sp³-hybridized carbons (Fsp3) is 0.222. The third-order valence-electron chi connectivity index (χ3n) is 3.48. The number of para-hydroxylation sites is 1. The maximum absolute atomic E-state index is 12.2. The van der Waals surface area contributed by atoms with Crippen LogP contribution in [0.25, 0.3) is 0 Å². The first kappa shape index (κ1) is 20.4. The highest BCUT2D eigenvalue weighted by molar-refractivity contribution is 6.32. The van der Waals surface area contributed by atoms with Gasteiger partial charge in [-0.1, -0.05) is 23.7 Å². The van der Waals surface area contributed by atoms with Crippen molar-refractivity contribution < 1.29 is 27.8 Å². The van der Waals surface area contributed by atoms with E-state index in [0.717, 1.165) is 0 Å². The Balaban J connectivity index is 2.01. The van der Waals surface area contributed by atoms with Crippen LogP contribution in [0.3, 0.4) is 0 Å². The summed E-state index contributed by atoms with van der Waals surface area (Å²) in [5, 5.41) is 5.26. The number of hydrogen-bond donors (Lipinski definition) is 2.